The lowest BCUT2D eigenvalue weighted by atomic mass is 10.1. The minimum atomic E-state index is -0.592. The third kappa shape index (κ3) is 2.62. The van der Waals surface area contributed by atoms with E-state index in [-0.39, 0.29) is 22.6 Å². The summed E-state index contributed by atoms with van der Waals surface area (Å²) in [4.78, 5) is 35.9. The number of benzene rings is 1. The van der Waals surface area contributed by atoms with Crippen molar-refractivity contribution in [3.05, 3.63) is 29.3 Å². The molecular weight excluding hydrogens is 210 g/mol. The molecule has 0 saturated heterocycles. The van der Waals surface area contributed by atoms with Gasteiger partial charge in [-0.05, 0) is 25.1 Å². The Kier molecular flexibility index (Phi) is 3.69. The van der Waals surface area contributed by atoms with Crippen molar-refractivity contribution in [1.82, 2.24) is 0 Å². The fraction of sp³-hybridized carbons (Fsp3) is 0.182. The van der Waals surface area contributed by atoms with Crippen LogP contribution in [0.5, 0.6) is 0 Å². The van der Waals surface area contributed by atoms with E-state index in [9.17, 15) is 14.4 Å². The van der Waals surface area contributed by atoms with Crippen LogP contribution in [0.4, 0.5) is 5.69 Å². The fourth-order valence-electron chi connectivity index (χ4n) is 1.17. The van der Waals surface area contributed by atoms with Crippen LogP contribution in [-0.4, -0.2) is 24.9 Å². The molecular formula is C11H9NO4. The predicted molar refractivity (Wildman–Crippen MR) is 55.6 cm³/mol. The minimum Gasteiger partial charge on any atom is -0.465 e. The Bertz CT molecular complexity index is 467. The number of ketones is 1. The summed E-state index contributed by atoms with van der Waals surface area (Å²) in [6.07, 6.45) is 1.35. The lowest BCUT2D eigenvalue weighted by Gasteiger charge is -2.02. The first-order chi connectivity index (χ1) is 7.58. The Hall–Kier alpha value is -2.26. The molecule has 1 aromatic rings. The van der Waals surface area contributed by atoms with Gasteiger partial charge in [-0.2, -0.15) is 4.99 Å². The molecule has 0 aliphatic heterocycles. The highest BCUT2D eigenvalue weighted by Gasteiger charge is 2.10. The second-order valence-electron chi connectivity index (χ2n) is 3.02. The van der Waals surface area contributed by atoms with Gasteiger partial charge in [0.2, 0.25) is 6.08 Å². The largest absolute Gasteiger partial charge is 0.465 e. The van der Waals surface area contributed by atoms with Crippen LogP contribution in [0, 0.1) is 0 Å². The smallest absolute Gasteiger partial charge is 0.337 e. The molecule has 0 aliphatic carbocycles. The quantitative estimate of drug-likeness (QED) is 0.335. The van der Waals surface area contributed by atoms with Crippen LogP contribution < -0.4 is 0 Å². The Labute approximate surface area is 91.7 Å². The summed E-state index contributed by atoms with van der Waals surface area (Å²) in [6.45, 7) is 1.35. The number of nitrogens with zero attached hydrogens (tertiary/aromatic N) is 1. The van der Waals surface area contributed by atoms with Gasteiger partial charge in [-0.1, -0.05) is 0 Å². The van der Waals surface area contributed by atoms with Crippen molar-refractivity contribution in [2.24, 2.45) is 4.99 Å². The van der Waals surface area contributed by atoms with E-state index in [1.807, 2.05) is 0 Å². The van der Waals surface area contributed by atoms with E-state index in [4.69, 9.17) is 0 Å². The van der Waals surface area contributed by atoms with Crippen molar-refractivity contribution in [2.75, 3.05) is 7.11 Å². The van der Waals surface area contributed by atoms with Crippen LogP contribution in [0.15, 0.2) is 23.2 Å². The first-order valence-electron chi connectivity index (χ1n) is 4.40. The number of aliphatic imine (C=N–C) groups is 1. The number of hydrogen-bond donors (Lipinski definition) is 0. The third-order valence-corrected chi connectivity index (χ3v) is 1.92. The van der Waals surface area contributed by atoms with Gasteiger partial charge >= 0.3 is 5.97 Å². The van der Waals surface area contributed by atoms with Crippen molar-refractivity contribution in [3.8, 4) is 0 Å². The number of methoxy groups -OCH3 is 1. The molecule has 1 aromatic carbocycles. The van der Waals surface area contributed by atoms with Crippen LogP contribution in [0.3, 0.4) is 0 Å². The average Bonchev–Trinajstić information content (AvgIpc) is 2.28. The Morgan fingerprint density at radius 3 is 2.38 bits per heavy atom. The molecule has 0 fully saturated rings. The van der Waals surface area contributed by atoms with Crippen molar-refractivity contribution < 1.29 is 19.1 Å². The first-order valence-corrected chi connectivity index (χ1v) is 4.40. The molecule has 5 heteroatoms. The van der Waals surface area contributed by atoms with Crippen LogP contribution in [0.25, 0.3) is 0 Å². The monoisotopic (exact) mass is 219 g/mol. The predicted octanol–water partition coefficient (Wildman–Crippen LogP) is 1.64. The summed E-state index contributed by atoms with van der Waals surface area (Å²) < 4.78 is 4.51. The van der Waals surface area contributed by atoms with Crippen molar-refractivity contribution in [1.29, 1.82) is 0 Å². The second-order valence-corrected chi connectivity index (χ2v) is 3.02. The van der Waals surface area contributed by atoms with Crippen molar-refractivity contribution >= 4 is 23.5 Å². The van der Waals surface area contributed by atoms with Crippen molar-refractivity contribution in [2.45, 2.75) is 6.92 Å². The van der Waals surface area contributed by atoms with Gasteiger partial charge in [-0.15, -0.1) is 0 Å². The summed E-state index contributed by atoms with van der Waals surface area (Å²) in [7, 11) is 1.23. The SMILES string of the molecule is COC(=O)c1cc(N=C=O)cc(C(C)=O)c1. The van der Waals surface area contributed by atoms with Crippen molar-refractivity contribution in [3.63, 3.8) is 0 Å². The van der Waals surface area contributed by atoms with E-state index in [0.717, 1.165) is 0 Å². The summed E-state index contributed by atoms with van der Waals surface area (Å²) >= 11 is 0. The number of carbonyl (C=O) groups excluding carboxylic acids is 3. The number of carbonyl (C=O) groups is 2. The lowest BCUT2D eigenvalue weighted by molar-refractivity contribution is 0.0600. The van der Waals surface area contributed by atoms with Gasteiger partial charge in [0, 0.05) is 5.56 Å². The molecule has 0 heterocycles. The Balaban J connectivity index is 3.34. The van der Waals surface area contributed by atoms with E-state index >= 15 is 0 Å². The first kappa shape index (κ1) is 11.8. The maximum atomic E-state index is 11.3. The van der Waals surface area contributed by atoms with Gasteiger partial charge in [-0.25, -0.2) is 9.59 Å². The van der Waals surface area contributed by atoms with E-state index in [1.165, 1.54) is 38.3 Å². The molecule has 82 valence electrons. The third-order valence-electron chi connectivity index (χ3n) is 1.92. The van der Waals surface area contributed by atoms with Gasteiger partial charge in [0.1, 0.15) is 0 Å². The van der Waals surface area contributed by atoms with Gasteiger partial charge < -0.3 is 4.74 Å². The molecule has 0 N–H and O–H groups in total. The molecule has 0 aromatic heterocycles. The van der Waals surface area contributed by atoms with E-state index in [1.54, 1.807) is 0 Å². The number of Topliss-reactive ketones (excluding diaryl/α,β-unsaturated/α-hetero) is 1. The van der Waals surface area contributed by atoms with Crippen LogP contribution in [0.2, 0.25) is 0 Å². The topological polar surface area (TPSA) is 72.8 Å². The molecule has 0 aliphatic rings. The van der Waals surface area contributed by atoms with Gasteiger partial charge in [0.25, 0.3) is 0 Å². The van der Waals surface area contributed by atoms with E-state index in [2.05, 4.69) is 9.73 Å². The molecule has 0 amide bonds. The van der Waals surface area contributed by atoms with Crippen LogP contribution in [0.1, 0.15) is 27.6 Å². The minimum absolute atomic E-state index is 0.171. The Morgan fingerprint density at radius 2 is 1.88 bits per heavy atom. The number of rotatable bonds is 3. The molecule has 0 bridgehead atoms. The molecule has 1 rings (SSSR count). The maximum Gasteiger partial charge on any atom is 0.337 e. The zero-order valence-electron chi connectivity index (χ0n) is 8.81. The van der Waals surface area contributed by atoms with Gasteiger partial charge in [0.15, 0.2) is 5.78 Å². The fourth-order valence-corrected chi connectivity index (χ4v) is 1.17. The zero-order chi connectivity index (χ0) is 12.1. The highest BCUT2D eigenvalue weighted by molar-refractivity contribution is 5.99. The molecule has 0 saturated carbocycles. The van der Waals surface area contributed by atoms with E-state index in [0.29, 0.717) is 0 Å². The standard InChI is InChI=1S/C11H9NO4/c1-7(14)8-3-9(11(15)16-2)5-10(4-8)12-6-13/h3-5H,1-2H3. The second kappa shape index (κ2) is 5.00. The number of isocyanates is 1. The Morgan fingerprint density at radius 1 is 1.25 bits per heavy atom. The summed E-state index contributed by atoms with van der Waals surface area (Å²) in [5, 5.41) is 0. The number of ether oxygens (including phenoxy) is 1. The molecule has 0 atom stereocenters. The molecule has 5 nitrogen and oxygen atoms in total. The summed E-state index contributed by atoms with van der Waals surface area (Å²) in [6, 6.07) is 4.14. The summed E-state index contributed by atoms with van der Waals surface area (Å²) in [5.74, 6) is -0.821. The molecule has 0 unspecified atom stereocenters. The van der Waals surface area contributed by atoms with Gasteiger partial charge in [-0.3, -0.25) is 4.79 Å². The van der Waals surface area contributed by atoms with Crippen LogP contribution >= 0.6 is 0 Å². The van der Waals surface area contributed by atoms with Crippen LogP contribution in [-0.2, 0) is 9.53 Å². The molecule has 0 radical (unpaired) electrons. The number of esters is 1. The molecule has 16 heavy (non-hydrogen) atoms. The zero-order valence-corrected chi connectivity index (χ0v) is 8.81. The molecule has 0 spiro atoms. The van der Waals surface area contributed by atoms with Gasteiger partial charge in [0.05, 0.1) is 18.4 Å². The summed E-state index contributed by atoms with van der Waals surface area (Å²) in [5.41, 5.74) is 0.657. The normalized spacial score (nSPS) is 9.12. The highest BCUT2D eigenvalue weighted by atomic mass is 16.5. The number of hydrogen-bond acceptors (Lipinski definition) is 5. The lowest BCUT2D eigenvalue weighted by Crippen LogP contribution is -2.03. The maximum absolute atomic E-state index is 11.3. The van der Waals surface area contributed by atoms with E-state index < -0.39 is 5.97 Å². The average molecular weight is 219 g/mol. The highest BCUT2D eigenvalue weighted by Crippen LogP contribution is 2.18.